The van der Waals surface area contributed by atoms with Crippen LogP contribution in [-0.2, 0) is 16.6 Å². The van der Waals surface area contributed by atoms with E-state index in [2.05, 4.69) is 17.5 Å². The number of Topliss-reactive ketones (excluding diaryl/α,β-unsaturated/α-hetero) is 1. The van der Waals surface area contributed by atoms with Crippen LogP contribution in [0, 0.1) is 5.92 Å². The molecule has 4 aliphatic rings. The topological polar surface area (TPSA) is 59.0 Å². The first-order chi connectivity index (χ1) is 16.0. The molecule has 1 saturated heterocycles. The second-order valence-corrected chi connectivity index (χ2v) is 10.1. The van der Waals surface area contributed by atoms with E-state index < -0.39 is 18.3 Å². The second-order valence-electron chi connectivity index (χ2n) is 10.1. The van der Waals surface area contributed by atoms with Gasteiger partial charge in [-0.05, 0) is 55.8 Å². The van der Waals surface area contributed by atoms with Crippen molar-refractivity contribution in [3.8, 4) is 11.5 Å². The van der Waals surface area contributed by atoms with E-state index in [0.717, 1.165) is 43.7 Å². The van der Waals surface area contributed by atoms with Gasteiger partial charge in [-0.1, -0.05) is 42.5 Å². The minimum absolute atomic E-state index is 0.217. The van der Waals surface area contributed by atoms with Gasteiger partial charge in [-0.3, -0.25) is 9.69 Å². The molecule has 2 aliphatic heterocycles. The zero-order valence-electron chi connectivity index (χ0n) is 19.1. The maximum Gasteiger partial charge on any atom is 0.174 e. The van der Waals surface area contributed by atoms with Crippen molar-refractivity contribution in [2.45, 2.75) is 62.4 Å². The van der Waals surface area contributed by atoms with Crippen molar-refractivity contribution in [2.75, 3.05) is 13.1 Å². The molecule has 5 nitrogen and oxygen atoms in total. The molecule has 3 unspecified atom stereocenters. The Labute approximate surface area is 195 Å². The summed E-state index contributed by atoms with van der Waals surface area (Å²) in [6, 6.07) is 14.1. The highest BCUT2D eigenvalue weighted by molar-refractivity contribution is 5.89. The number of hydrogen-bond donors (Lipinski definition) is 1. The van der Waals surface area contributed by atoms with Gasteiger partial charge in [-0.25, -0.2) is 0 Å². The molecule has 6 rings (SSSR count). The molecule has 2 bridgehead atoms. The number of rotatable bonds is 6. The fourth-order valence-electron chi connectivity index (χ4n) is 7.07. The standard InChI is InChI=1S/C28H31NO4/c1-3-14-29-15-13-28-20-10-11-22(30)27(28)33-26-23(12-9-19(24(26)28)16-21(20)29)32-17(2)25(31)18-7-5-4-6-8-18/h3-9,12,17,20-21,25,27,31H,1,10-11,13-16H2,2H3/t17?,20-,21+,25?,27?,28-/m0/s1. The molecule has 1 N–H and O–H groups in total. The van der Waals surface area contributed by atoms with Gasteiger partial charge in [0.2, 0.25) is 0 Å². The molecule has 1 saturated carbocycles. The zero-order chi connectivity index (χ0) is 22.7. The first-order valence-corrected chi connectivity index (χ1v) is 12.1. The lowest BCUT2D eigenvalue weighted by atomic mass is 9.51. The van der Waals surface area contributed by atoms with Gasteiger partial charge in [0.15, 0.2) is 23.4 Å². The third kappa shape index (κ3) is 2.95. The molecule has 6 atom stereocenters. The third-order valence-corrected chi connectivity index (χ3v) is 8.47. The number of aliphatic hydroxyl groups excluding tert-OH is 1. The van der Waals surface area contributed by atoms with Gasteiger partial charge in [-0.15, -0.1) is 6.58 Å². The summed E-state index contributed by atoms with van der Waals surface area (Å²) in [6.45, 7) is 7.67. The number of aliphatic hydroxyl groups is 1. The van der Waals surface area contributed by atoms with Crippen LogP contribution < -0.4 is 9.47 Å². The summed E-state index contributed by atoms with van der Waals surface area (Å²) in [5.41, 5.74) is 3.06. The second kappa shape index (κ2) is 7.71. The van der Waals surface area contributed by atoms with Crippen molar-refractivity contribution in [2.24, 2.45) is 5.92 Å². The number of ether oxygens (including phenoxy) is 2. The van der Waals surface area contributed by atoms with Gasteiger partial charge in [0.1, 0.15) is 12.2 Å². The summed E-state index contributed by atoms with van der Waals surface area (Å²) < 4.78 is 12.8. The lowest BCUT2D eigenvalue weighted by Crippen LogP contribution is -2.66. The van der Waals surface area contributed by atoms with Crippen LogP contribution in [0.5, 0.6) is 11.5 Å². The smallest absolute Gasteiger partial charge is 0.174 e. The summed E-state index contributed by atoms with van der Waals surface area (Å²) in [6.07, 6.45) is 3.76. The highest BCUT2D eigenvalue weighted by atomic mass is 16.5. The Balaban J connectivity index is 1.39. The average Bonchev–Trinajstić information content (AvgIpc) is 3.19. The van der Waals surface area contributed by atoms with Crippen LogP contribution >= 0.6 is 0 Å². The van der Waals surface area contributed by atoms with Crippen LogP contribution in [0.1, 0.15) is 49.0 Å². The van der Waals surface area contributed by atoms with Crippen LogP contribution in [0.4, 0.5) is 0 Å². The molecule has 1 spiro atoms. The van der Waals surface area contributed by atoms with Crippen LogP contribution in [0.25, 0.3) is 0 Å². The first kappa shape index (κ1) is 20.9. The molecular formula is C28H31NO4. The van der Waals surface area contributed by atoms with Crippen LogP contribution in [0.15, 0.2) is 55.1 Å². The number of ketones is 1. The van der Waals surface area contributed by atoms with E-state index in [1.54, 1.807) is 0 Å². The summed E-state index contributed by atoms with van der Waals surface area (Å²) in [5.74, 6) is 2.00. The molecule has 0 radical (unpaired) electrons. The Morgan fingerprint density at radius 2 is 2.12 bits per heavy atom. The Morgan fingerprint density at radius 1 is 1.30 bits per heavy atom. The molecule has 2 aliphatic carbocycles. The molecule has 0 aromatic heterocycles. The van der Waals surface area contributed by atoms with Crippen molar-refractivity contribution in [3.05, 3.63) is 71.8 Å². The third-order valence-electron chi connectivity index (χ3n) is 8.47. The summed E-state index contributed by atoms with van der Waals surface area (Å²) in [4.78, 5) is 15.7. The SMILES string of the molecule is C=CCN1CC[C@]23c4c5ccc(OC(C)C(O)c6ccccc6)c4OC2C(=O)CC[C@H]3[C@H]1C5. The molecule has 5 heteroatoms. The predicted molar refractivity (Wildman–Crippen MR) is 126 cm³/mol. The Bertz CT molecular complexity index is 1100. The lowest BCUT2D eigenvalue weighted by molar-refractivity contribution is -0.138. The van der Waals surface area contributed by atoms with E-state index in [-0.39, 0.29) is 11.2 Å². The van der Waals surface area contributed by atoms with Crippen molar-refractivity contribution in [3.63, 3.8) is 0 Å². The van der Waals surface area contributed by atoms with Gasteiger partial charge in [0.25, 0.3) is 0 Å². The minimum atomic E-state index is -0.753. The van der Waals surface area contributed by atoms with E-state index in [4.69, 9.17) is 9.47 Å². The molecule has 2 aromatic rings. The summed E-state index contributed by atoms with van der Waals surface area (Å²) >= 11 is 0. The Kier molecular flexibility index (Phi) is 4.89. The van der Waals surface area contributed by atoms with Crippen molar-refractivity contribution >= 4 is 5.78 Å². The fourth-order valence-corrected chi connectivity index (χ4v) is 7.07. The highest BCUT2D eigenvalue weighted by Crippen LogP contribution is 2.63. The number of carbonyl (C=O) groups is 1. The van der Waals surface area contributed by atoms with E-state index in [1.807, 2.05) is 49.4 Å². The van der Waals surface area contributed by atoms with Crippen molar-refractivity contribution < 1.29 is 19.4 Å². The summed E-state index contributed by atoms with van der Waals surface area (Å²) in [5, 5.41) is 10.8. The van der Waals surface area contributed by atoms with Gasteiger partial charge in [0.05, 0.1) is 0 Å². The van der Waals surface area contributed by atoms with E-state index in [0.29, 0.717) is 24.1 Å². The van der Waals surface area contributed by atoms with Crippen LogP contribution in [-0.4, -0.2) is 47.1 Å². The van der Waals surface area contributed by atoms with Crippen molar-refractivity contribution in [1.82, 2.24) is 4.90 Å². The van der Waals surface area contributed by atoms with Crippen LogP contribution in [0.2, 0.25) is 0 Å². The number of benzene rings is 2. The fraction of sp³-hybridized carbons (Fsp3) is 0.464. The van der Waals surface area contributed by atoms with E-state index in [1.165, 1.54) is 11.1 Å². The number of hydrogen-bond acceptors (Lipinski definition) is 5. The largest absolute Gasteiger partial charge is 0.484 e. The Hall–Kier alpha value is -2.63. The van der Waals surface area contributed by atoms with Gasteiger partial charge >= 0.3 is 0 Å². The molecular weight excluding hydrogens is 414 g/mol. The number of likely N-dealkylation sites (tertiary alicyclic amines) is 1. The van der Waals surface area contributed by atoms with Gasteiger partial charge < -0.3 is 14.6 Å². The van der Waals surface area contributed by atoms with Crippen molar-refractivity contribution in [1.29, 1.82) is 0 Å². The minimum Gasteiger partial charge on any atom is -0.484 e. The normalized spacial score (nSPS) is 31.3. The lowest BCUT2D eigenvalue weighted by Gasteiger charge is -2.57. The molecule has 2 aromatic carbocycles. The van der Waals surface area contributed by atoms with Crippen LogP contribution in [0.3, 0.4) is 0 Å². The maximum absolute atomic E-state index is 13.1. The maximum atomic E-state index is 13.1. The first-order valence-electron chi connectivity index (χ1n) is 12.1. The Morgan fingerprint density at radius 3 is 2.91 bits per heavy atom. The van der Waals surface area contributed by atoms with E-state index >= 15 is 0 Å². The van der Waals surface area contributed by atoms with Gasteiger partial charge in [0, 0.05) is 30.0 Å². The average molecular weight is 446 g/mol. The molecule has 0 amide bonds. The summed E-state index contributed by atoms with van der Waals surface area (Å²) in [7, 11) is 0. The molecule has 2 fully saturated rings. The number of nitrogens with zero attached hydrogens (tertiary/aromatic N) is 1. The predicted octanol–water partition coefficient (Wildman–Crippen LogP) is 3.98. The number of piperidine rings is 1. The van der Waals surface area contributed by atoms with Gasteiger partial charge in [-0.2, -0.15) is 0 Å². The monoisotopic (exact) mass is 445 g/mol. The number of carbonyl (C=O) groups excluding carboxylic acids is 1. The zero-order valence-corrected chi connectivity index (χ0v) is 19.1. The highest BCUT2D eigenvalue weighted by Gasteiger charge is 2.65. The quantitative estimate of drug-likeness (QED) is 0.682. The molecule has 172 valence electrons. The van der Waals surface area contributed by atoms with E-state index in [9.17, 15) is 9.90 Å². The molecule has 33 heavy (non-hydrogen) atoms. The molecule has 2 heterocycles.